The predicted molar refractivity (Wildman–Crippen MR) is 416 cm³/mol. The maximum atomic E-state index is 15.3. The van der Waals surface area contributed by atoms with Crippen LogP contribution in [-0.4, -0.2) is 222 Å². The topological polar surface area (TPSA) is 366 Å². The molecule has 118 heavy (non-hydrogen) atoms. The molecule has 7 aromatic carbocycles. The highest BCUT2D eigenvalue weighted by Gasteiger charge is 2.61. The summed E-state index contributed by atoms with van der Waals surface area (Å²) in [5.74, 6) is -12.1. The Labute approximate surface area is 685 Å². The number of carbonyl (C=O) groups excluding carboxylic acids is 11. The number of nitrogens with one attached hydrogen (secondary N) is 1. The first-order valence-electron chi connectivity index (χ1n) is 38.0. The number of hydrogen-bond acceptors (Lipinski definition) is 29. The summed E-state index contributed by atoms with van der Waals surface area (Å²) in [4.78, 5) is 158. The Kier molecular flexibility index (Phi) is 30.7. The SMILES string of the molecule is CC(=O)N[C@H]1[C@@H](O[C@@H]2[C@@H](OC(=O)c3ccccc3)[C@H](C)O[C@@H](O[C@@H]3[C@@H](OC(=O)c4ccccc4)[C@H](C)O[C@@H](OCC[Si](C)(C)C)[C@@H]3OC(=O)c3ccccc3)[C@@H]2OC(=O)c2ccccc2)O[C@H](COC(C)=O)[C@@H](OC(C)=O)[C@@H]1O[C@H]1O[C@H](COC(=O)c2ccccc2)[C@H](OC(=O)c2ccccc2)[C@H](OC(=O)c2ccccc2)[C@H]1OC(=O)CCl. The Bertz CT molecular complexity index is 4560. The van der Waals surface area contributed by atoms with Gasteiger partial charge in [0.25, 0.3) is 0 Å². The molecule has 624 valence electrons. The highest BCUT2D eigenvalue weighted by molar-refractivity contribution is 6.76. The molecule has 0 unspecified atom stereocenters. The minimum Gasteiger partial charge on any atom is -0.463 e. The third-order valence-corrected chi connectivity index (χ3v) is 21.0. The number of ether oxygens (including phenoxy) is 18. The minimum absolute atomic E-state index is 0.0220. The first-order valence-corrected chi connectivity index (χ1v) is 42.3. The number of carbonyl (C=O) groups is 11. The van der Waals surface area contributed by atoms with Gasteiger partial charge in [0.05, 0.1) is 51.2 Å². The van der Waals surface area contributed by atoms with Gasteiger partial charge in [-0.15, -0.1) is 11.6 Å². The lowest BCUT2D eigenvalue weighted by Crippen LogP contribution is -2.71. The van der Waals surface area contributed by atoms with Crippen LogP contribution in [-0.2, 0) is 104 Å². The van der Waals surface area contributed by atoms with E-state index in [4.69, 9.17) is 96.9 Å². The Hall–Kier alpha value is -11.1. The van der Waals surface area contributed by atoms with Gasteiger partial charge < -0.3 is 90.6 Å². The zero-order valence-corrected chi connectivity index (χ0v) is 67.3. The maximum Gasteiger partial charge on any atom is 0.338 e. The molecule has 1 amide bonds. The monoisotopic (exact) mass is 1660 g/mol. The molecular formula is C86H90ClNO29Si. The molecule has 4 heterocycles. The second-order valence-corrected chi connectivity index (χ2v) is 34.9. The third-order valence-electron chi connectivity index (χ3n) is 19.1. The largest absolute Gasteiger partial charge is 0.463 e. The van der Waals surface area contributed by atoms with Crippen molar-refractivity contribution in [3.63, 3.8) is 0 Å². The molecule has 0 spiro atoms. The van der Waals surface area contributed by atoms with Crippen molar-refractivity contribution in [1.29, 1.82) is 0 Å². The van der Waals surface area contributed by atoms with Crippen molar-refractivity contribution in [2.24, 2.45) is 0 Å². The van der Waals surface area contributed by atoms with Crippen LogP contribution in [0.2, 0.25) is 25.7 Å². The van der Waals surface area contributed by atoms with Gasteiger partial charge in [-0.25, -0.2) is 33.6 Å². The lowest BCUT2D eigenvalue weighted by molar-refractivity contribution is -0.375. The number of halogens is 1. The fourth-order valence-corrected chi connectivity index (χ4v) is 14.2. The molecule has 7 aromatic rings. The Balaban J connectivity index is 1.09. The van der Waals surface area contributed by atoms with Crippen LogP contribution >= 0.6 is 11.6 Å². The van der Waals surface area contributed by atoms with E-state index < -0.39 is 216 Å². The lowest BCUT2D eigenvalue weighted by atomic mass is 9.93. The summed E-state index contributed by atoms with van der Waals surface area (Å²) in [7, 11) is -1.91. The zero-order valence-electron chi connectivity index (χ0n) is 65.5. The van der Waals surface area contributed by atoms with Crippen LogP contribution < -0.4 is 5.32 Å². The number of benzene rings is 7. The summed E-state index contributed by atoms with van der Waals surface area (Å²) in [6, 6.07) is 52.0. The van der Waals surface area contributed by atoms with E-state index in [0.717, 1.165) is 20.8 Å². The van der Waals surface area contributed by atoms with Gasteiger partial charge in [0.2, 0.25) is 5.91 Å². The average molecular weight is 1670 g/mol. The molecule has 0 aliphatic carbocycles. The van der Waals surface area contributed by atoms with Gasteiger partial charge in [-0.1, -0.05) is 147 Å². The molecular weight excluding hydrogens is 1570 g/mol. The van der Waals surface area contributed by atoms with Gasteiger partial charge >= 0.3 is 59.7 Å². The van der Waals surface area contributed by atoms with Crippen LogP contribution in [0.4, 0.5) is 0 Å². The fourth-order valence-electron chi connectivity index (χ4n) is 13.4. The van der Waals surface area contributed by atoms with E-state index in [1.807, 2.05) is 0 Å². The number of esters is 10. The summed E-state index contributed by atoms with van der Waals surface area (Å²) in [5, 5.41) is 2.74. The maximum absolute atomic E-state index is 15.3. The van der Waals surface area contributed by atoms with Gasteiger partial charge in [-0.2, -0.15) is 0 Å². The number of amides is 1. The number of hydrogen-bond donors (Lipinski definition) is 1. The molecule has 4 fully saturated rings. The predicted octanol–water partition coefficient (Wildman–Crippen LogP) is 9.80. The molecule has 1 N–H and O–H groups in total. The third kappa shape index (κ3) is 23.4. The van der Waals surface area contributed by atoms with Gasteiger partial charge in [0.15, 0.2) is 74.0 Å². The molecule has 4 aliphatic heterocycles. The summed E-state index contributed by atoms with van der Waals surface area (Å²) >= 11 is 6.24. The van der Waals surface area contributed by atoms with Gasteiger partial charge in [0, 0.05) is 35.5 Å². The van der Waals surface area contributed by atoms with Crippen molar-refractivity contribution in [3.05, 3.63) is 251 Å². The second-order valence-electron chi connectivity index (χ2n) is 29.1. The van der Waals surface area contributed by atoms with E-state index in [9.17, 15) is 47.9 Å². The van der Waals surface area contributed by atoms with Gasteiger partial charge in [0.1, 0.15) is 55.7 Å². The van der Waals surface area contributed by atoms with Crippen molar-refractivity contribution in [1.82, 2.24) is 5.32 Å². The van der Waals surface area contributed by atoms with Gasteiger partial charge in [-0.3, -0.25) is 19.2 Å². The fraction of sp³-hybridized carbons (Fsp3) is 0.384. The Morgan fingerprint density at radius 2 is 0.653 bits per heavy atom. The van der Waals surface area contributed by atoms with E-state index in [1.165, 1.54) is 128 Å². The molecule has 30 nitrogen and oxygen atoms in total. The normalized spacial score (nSPS) is 26.7. The summed E-state index contributed by atoms with van der Waals surface area (Å²) in [5.41, 5.74) is -0.0709. The summed E-state index contributed by atoms with van der Waals surface area (Å²) < 4.78 is 117. The van der Waals surface area contributed by atoms with Crippen LogP contribution in [0.25, 0.3) is 0 Å². The molecule has 0 radical (unpaired) electrons. The Morgan fingerprint density at radius 1 is 0.339 bits per heavy atom. The van der Waals surface area contributed by atoms with Crippen molar-refractivity contribution < 1.29 is 138 Å². The van der Waals surface area contributed by atoms with E-state index in [-0.39, 0.29) is 45.6 Å². The molecule has 0 bridgehead atoms. The van der Waals surface area contributed by atoms with Crippen LogP contribution in [0.1, 0.15) is 107 Å². The molecule has 4 aliphatic rings. The van der Waals surface area contributed by atoms with E-state index in [0.29, 0.717) is 6.04 Å². The van der Waals surface area contributed by atoms with Crippen molar-refractivity contribution in [2.75, 3.05) is 25.7 Å². The van der Waals surface area contributed by atoms with Crippen LogP contribution in [0, 0.1) is 0 Å². The minimum atomic E-state index is -2.28. The van der Waals surface area contributed by atoms with Crippen molar-refractivity contribution in [3.8, 4) is 0 Å². The molecule has 32 heteroatoms. The van der Waals surface area contributed by atoms with Crippen molar-refractivity contribution in [2.45, 2.75) is 183 Å². The first-order chi connectivity index (χ1) is 56.7. The van der Waals surface area contributed by atoms with Gasteiger partial charge in [-0.05, 0) is 105 Å². The molecule has 11 rings (SSSR count). The molecule has 0 aromatic heterocycles. The smallest absolute Gasteiger partial charge is 0.338 e. The highest BCUT2D eigenvalue weighted by atomic mass is 35.5. The standard InChI is InChI=1S/C86H90ClNO29Si/c1-49-65(109-77(94)55-32-18-10-19-33-55)70(73(84(103-49)100-44-45-118(6,7)8)113-81(98)59-40-26-14-27-41-59)117-85-75(114-82(99)60-42-28-15-29-43-60)71(66(50(2)104-85)110-78(95)56-34-20-11-21-35-56)116-83-64(88-51(3)89)69(67(105-53(5)91)61(106-83)47-101-52(4)90)115-86-74(108-63(92)46-87)72(112-80(97)58-38-24-13-25-39-58)68(111-79(96)57-36-22-12-23-37-57)62(107-86)48-102-76(93)54-30-16-9-17-31-54/h9-43,49-50,61-62,64-75,83-86H,44-48H2,1-8H3,(H,88,89)/t49-,50-,61+,62+,64+,65-,66-,67+,68-,69+,70+,71+,72-,73+,74+,75+,83+,84+,85-,86+/m0/s1. The first kappa shape index (κ1) is 87.7. The molecule has 4 saturated heterocycles. The average Bonchev–Trinajstić information content (AvgIpc) is 0.755. The van der Waals surface area contributed by atoms with E-state index >= 15 is 4.79 Å². The highest BCUT2D eigenvalue weighted by Crippen LogP contribution is 2.41. The van der Waals surface area contributed by atoms with Crippen LogP contribution in [0.5, 0.6) is 0 Å². The zero-order chi connectivity index (χ0) is 84.2. The summed E-state index contributed by atoms with van der Waals surface area (Å²) in [6.45, 7) is 10.7. The summed E-state index contributed by atoms with van der Waals surface area (Å²) in [6.07, 6.45) is -35.8. The molecule has 0 saturated carbocycles. The Morgan fingerprint density at radius 3 is 1.03 bits per heavy atom. The lowest BCUT2D eigenvalue weighted by Gasteiger charge is -2.51. The van der Waals surface area contributed by atoms with Crippen molar-refractivity contribution >= 4 is 85.3 Å². The molecule has 20 atom stereocenters. The van der Waals surface area contributed by atoms with Crippen LogP contribution in [0.3, 0.4) is 0 Å². The van der Waals surface area contributed by atoms with E-state index in [2.05, 4.69) is 25.0 Å². The quantitative estimate of drug-likeness (QED) is 0.0183. The number of rotatable bonds is 31. The van der Waals surface area contributed by atoms with E-state index in [1.54, 1.807) is 97.9 Å². The van der Waals surface area contributed by atoms with Crippen LogP contribution in [0.15, 0.2) is 212 Å². The number of alkyl halides is 1. The second kappa shape index (κ2) is 41.3.